The number of aliphatic hydroxyl groups excluding tert-OH is 1. The molecule has 0 spiro atoms. The Morgan fingerprint density at radius 1 is 1.57 bits per heavy atom. The van der Waals surface area contributed by atoms with Crippen LogP contribution in [0, 0.1) is 0 Å². The molecule has 3 N–H and O–H groups in total. The number of nitrogens with two attached hydrogens (primary N) is 1. The van der Waals surface area contributed by atoms with Crippen LogP contribution >= 0.6 is 11.8 Å². The topological polar surface area (TPSA) is 59.1 Å². The molecule has 0 saturated heterocycles. The van der Waals surface area contributed by atoms with E-state index in [1.54, 1.807) is 30.2 Å². The van der Waals surface area contributed by atoms with E-state index in [4.69, 9.17) is 5.73 Å². The Morgan fingerprint density at radius 3 is 2.71 bits per heavy atom. The van der Waals surface area contributed by atoms with Crippen LogP contribution in [0.5, 0.6) is 0 Å². The Bertz CT molecular complexity index is 315. The molecule has 1 aromatic heterocycles. The van der Waals surface area contributed by atoms with E-state index in [0.717, 1.165) is 0 Å². The van der Waals surface area contributed by atoms with Crippen LogP contribution in [0.25, 0.3) is 0 Å². The lowest BCUT2D eigenvalue weighted by Crippen LogP contribution is -2.25. The van der Waals surface area contributed by atoms with Crippen molar-refractivity contribution in [3.05, 3.63) is 24.0 Å². The molecule has 1 unspecified atom stereocenters. The first-order chi connectivity index (χ1) is 6.49. The summed E-state index contributed by atoms with van der Waals surface area (Å²) < 4.78 is -0.253. The highest BCUT2D eigenvalue weighted by atomic mass is 32.2. The van der Waals surface area contributed by atoms with Gasteiger partial charge in [-0.15, -0.1) is 0 Å². The molecule has 0 aliphatic carbocycles. The maximum atomic E-state index is 10.1. The second kappa shape index (κ2) is 4.19. The van der Waals surface area contributed by atoms with Crippen molar-refractivity contribution in [1.82, 2.24) is 4.98 Å². The van der Waals surface area contributed by atoms with Crippen LogP contribution in [0.3, 0.4) is 0 Å². The molecule has 4 heteroatoms. The molecular weight excluding hydrogens is 196 g/mol. The van der Waals surface area contributed by atoms with Crippen molar-refractivity contribution in [3.63, 3.8) is 0 Å². The molecule has 0 aliphatic rings. The summed E-state index contributed by atoms with van der Waals surface area (Å²) >= 11 is 1.61. The monoisotopic (exact) mass is 212 g/mol. The fraction of sp³-hybridized carbons (Fsp3) is 0.500. The second-order valence-corrected chi connectivity index (χ2v) is 5.18. The molecule has 3 nitrogen and oxygen atoms in total. The van der Waals surface area contributed by atoms with Gasteiger partial charge < -0.3 is 10.8 Å². The van der Waals surface area contributed by atoms with Crippen LogP contribution in [0.2, 0.25) is 0 Å². The van der Waals surface area contributed by atoms with Crippen LogP contribution in [0.4, 0.5) is 5.69 Å². The third-order valence-electron chi connectivity index (χ3n) is 2.37. The van der Waals surface area contributed by atoms with Crippen molar-refractivity contribution < 1.29 is 5.11 Å². The van der Waals surface area contributed by atoms with Gasteiger partial charge in [0.15, 0.2) is 0 Å². The average molecular weight is 212 g/mol. The van der Waals surface area contributed by atoms with Gasteiger partial charge in [0.05, 0.1) is 6.10 Å². The van der Waals surface area contributed by atoms with Crippen LogP contribution in [0.1, 0.15) is 25.5 Å². The first-order valence-electron chi connectivity index (χ1n) is 4.41. The molecule has 14 heavy (non-hydrogen) atoms. The first-order valence-corrected chi connectivity index (χ1v) is 5.64. The van der Waals surface area contributed by atoms with E-state index in [-0.39, 0.29) is 4.75 Å². The van der Waals surface area contributed by atoms with Crippen LogP contribution in [-0.4, -0.2) is 21.1 Å². The number of nitrogens with zero attached hydrogens (tertiary/aromatic N) is 1. The minimum atomic E-state index is -0.591. The van der Waals surface area contributed by atoms with Crippen molar-refractivity contribution in [2.75, 3.05) is 12.0 Å². The molecule has 1 heterocycles. The van der Waals surface area contributed by atoms with Gasteiger partial charge in [0.1, 0.15) is 0 Å². The quantitative estimate of drug-likeness (QED) is 0.802. The van der Waals surface area contributed by atoms with Crippen molar-refractivity contribution in [2.24, 2.45) is 0 Å². The summed E-state index contributed by atoms with van der Waals surface area (Å²) in [6.45, 7) is 3.96. The number of nitrogen functional groups attached to an aromatic ring is 1. The third kappa shape index (κ3) is 2.19. The van der Waals surface area contributed by atoms with Crippen LogP contribution < -0.4 is 5.73 Å². The molecule has 1 rings (SSSR count). The van der Waals surface area contributed by atoms with E-state index in [1.165, 1.54) is 0 Å². The van der Waals surface area contributed by atoms with E-state index in [0.29, 0.717) is 11.3 Å². The second-order valence-electron chi connectivity index (χ2n) is 3.71. The summed E-state index contributed by atoms with van der Waals surface area (Å²) in [7, 11) is 0. The number of anilines is 1. The van der Waals surface area contributed by atoms with Crippen molar-refractivity contribution in [2.45, 2.75) is 24.7 Å². The van der Waals surface area contributed by atoms with Gasteiger partial charge >= 0.3 is 0 Å². The number of rotatable bonds is 3. The summed E-state index contributed by atoms with van der Waals surface area (Å²) in [6, 6.07) is 1.70. The number of hydrogen-bond acceptors (Lipinski definition) is 4. The largest absolute Gasteiger partial charge is 0.398 e. The molecule has 1 atom stereocenters. The smallest absolute Gasteiger partial charge is 0.0965 e. The standard InChI is InChI=1S/C10H16N2OS/c1-10(2,14-3)9(13)7-6-12-5-4-8(7)11/h4-6,9,13H,1-3H3,(H2,11,12). The molecular formula is C10H16N2OS. The Hall–Kier alpha value is -0.740. The van der Waals surface area contributed by atoms with Crippen molar-refractivity contribution >= 4 is 17.4 Å². The summed E-state index contributed by atoms with van der Waals surface area (Å²) in [5.41, 5.74) is 7.06. The average Bonchev–Trinajstić information content (AvgIpc) is 2.17. The Kier molecular flexibility index (Phi) is 3.39. The number of aliphatic hydroxyl groups is 1. The van der Waals surface area contributed by atoms with Crippen molar-refractivity contribution in [3.8, 4) is 0 Å². The highest BCUT2D eigenvalue weighted by Crippen LogP contribution is 2.37. The Balaban J connectivity index is 3.00. The molecule has 0 saturated carbocycles. The Morgan fingerprint density at radius 2 is 2.21 bits per heavy atom. The van der Waals surface area contributed by atoms with Crippen molar-refractivity contribution in [1.29, 1.82) is 0 Å². The SMILES string of the molecule is CSC(C)(C)C(O)c1cnccc1N. The fourth-order valence-electron chi connectivity index (χ4n) is 1.13. The summed E-state index contributed by atoms with van der Waals surface area (Å²) in [5.74, 6) is 0. The minimum Gasteiger partial charge on any atom is -0.398 e. The zero-order valence-corrected chi connectivity index (χ0v) is 9.51. The van der Waals surface area contributed by atoms with E-state index >= 15 is 0 Å². The first kappa shape index (κ1) is 11.3. The summed E-state index contributed by atoms with van der Waals surface area (Å²) in [6.07, 6.45) is 4.62. The van der Waals surface area contributed by atoms with Gasteiger partial charge in [-0.3, -0.25) is 4.98 Å². The van der Waals surface area contributed by atoms with E-state index in [1.807, 2.05) is 20.1 Å². The third-order valence-corrected chi connectivity index (χ3v) is 3.64. The highest BCUT2D eigenvalue weighted by molar-refractivity contribution is 7.99. The van der Waals surface area contributed by atoms with Gasteiger partial charge in [-0.25, -0.2) is 0 Å². The molecule has 0 bridgehead atoms. The molecule has 0 aromatic carbocycles. The lowest BCUT2D eigenvalue weighted by atomic mass is 9.98. The molecule has 78 valence electrons. The fourth-order valence-corrected chi connectivity index (χ4v) is 1.48. The summed E-state index contributed by atoms with van der Waals surface area (Å²) in [4.78, 5) is 3.97. The number of hydrogen-bond donors (Lipinski definition) is 2. The zero-order valence-electron chi connectivity index (χ0n) is 8.69. The van der Waals surface area contributed by atoms with Crippen LogP contribution in [0.15, 0.2) is 18.5 Å². The van der Waals surface area contributed by atoms with E-state index in [2.05, 4.69) is 4.98 Å². The van der Waals surface area contributed by atoms with E-state index < -0.39 is 6.10 Å². The molecule has 0 radical (unpaired) electrons. The lowest BCUT2D eigenvalue weighted by Gasteiger charge is -2.29. The number of thioether (sulfide) groups is 1. The van der Waals surface area contributed by atoms with Gasteiger partial charge in [0, 0.05) is 28.4 Å². The molecule has 0 aliphatic heterocycles. The molecule has 0 amide bonds. The number of pyridine rings is 1. The van der Waals surface area contributed by atoms with Gasteiger partial charge in [0.2, 0.25) is 0 Å². The Labute approximate surface area is 88.7 Å². The predicted molar refractivity (Wildman–Crippen MR) is 61.2 cm³/mol. The maximum Gasteiger partial charge on any atom is 0.0965 e. The summed E-state index contributed by atoms with van der Waals surface area (Å²) in [5, 5.41) is 10.1. The van der Waals surface area contributed by atoms with Gasteiger partial charge in [-0.1, -0.05) is 0 Å². The normalized spacial score (nSPS) is 14.0. The molecule has 1 aromatic rings. The predicted octanol–water partition coefficient (Wildman–Crippen LogP) is 1.84. The van der Waals surface area contributed by atoms with Crippen LogP contribution in [-0.2, 0) is 0 Å². The van der Waals surface area contributed by atoms with Gasteiger partial charge in [-0.2, -0.15) is 11.8 Å². The van der Waals surface area contributed by atoms with Gasteiger partial charge in [0.25, 0.3) is 0 Å². The highest BCUT2D eigenvalue weighted by Gasteiger charge is 2.29. The van der Waals surface area contributed by atoms with E-state index in [9.17, 15) is 5.11 Å². The number of aromatic nitrogens is 1. The molecule has 0 fully saturated rings. The lowest BCUT2D eigenvalue weighted by molar-refractivity contribution is 0.144. The maximum absolute atomic E-state index is 10.1. The minimum absolute atomic E-state index is 0.253. The van der Waals surface area contributed by atoms with Gasteiger partial charge in [-0.05, 0) is 26.2 Å². The zero-order chi connectivity index (χ0) is 10.8.